The minimum atomic E-state index is -0.161. The Morgan fingerprint density at radius 3 is 2.38 bits per heavy atom. The van der Waals surface area contributed by atoms with Gasteiger partial charge in [0.25, 0.3) is 5.91 Å². The molecule has 0 bridgehead atoms. The smallest absolute Gasteiger partial charge is 0.276 e. The molecule has 0 saturated carbocycles. The van der Waals surface area contributed by atoms with E-state index in [4.69, 9.17) is 9.26 Å². The number of methoxy groups -OCH3 is 1. The van der Waals surface area contributed by atoms with Crippen molar-refractivity contribution in [2.24, 2.45) is 5.92 Å². The largest absolute Gasteiger partial charge is 0.497 e. The zero-order valence-electron chi connectivity index (χ0n) is 16.2. The highest BCUT2D eigenvalue weighted by Crippen LogP contribution is 2.25. The molecule has 1 saturated heterocycles. The summed E-state index contributed by atoms with van der Waals surface area (Å²) < 4.78 is 10.5. The number of piperidine rings is 1. The van der Waals surface area contributed by atoms with Crippen LogP contribution in [0.5, 0.6) is 5.75 Å². The molecule has 2 heterocycles. The second kappa shape index (κ2) is 8.31. The van der Waals surface area contributed by atoms with E-state index in [0.29, 0.717) is 42.9 Å². The Bertz CT molecular complexity index is 987. The number of nitrogens with zero attached hydrogens (tertiary/aromatic N) is 2. The molecular weight excluding hydrogens is 368 g/mol. The fraction of sp³-hybridized carbons (Fsp3) is 0.261. The average molecular weight is 390 g/mol. The van der Waals surface area contributed by atoms with Crippen LogP contribution < -0.4 is 4.74 Å². The number of benzene rings is 2. The number of rotatable bonds is 5. The van der Waals surface area contributed by atoms with E-state index in [0.717, 1.165) is 11.3 Å². The molecule has 0 N–H and O–H groups in total. The molecule has 4 rings (SSSR count). The number of ketones is 1. The summed E-state index contributed by atoms with van der Waals surface area (Å²) in [4.78, 5) is 27.2. The minimum absolute atomic E-state index is 0.0790. The van der Waals surface area contributed by atoms with Crippen molar-refractivity contribution < 1.29 is 18.8 Å². The van der Waals surface area contributed by atoms with Gasteiger partial charge in [0.15, 0.2) is 17.2 Å². The number of ether oxygens (including phenoxy) is 1. The fourth-order valence-electron chi connectivity index (χ4n) is 3.61. The number of carbonyl (C=O) groups excluding carboxylic acids is 2. The van der Waals surface area contributed by atoms with E-state index < -0.39 is 0 Å². The van der Waals surface area contributed by atoms with Crippen LogP contribution in [0, 0.1) is 5.92 Å². The van der Waals surface area contributed by atoms with Crippen LogP contribution >= 0.6 is 0 Å². The minimum Gasteiger partial charge on any atom is -0.497 e. The zero-order chi connectivity index (χ0) is 20.2. The van der Waals surface area contributed by atoms with Crippen molar-refractivity contribution >= 4 is 11.7 Å². The monoisotopic (exact) mass is 390 g/mol. The molecule has 0 radical (unpaired) electrons. The molecule has 6 nitrogen and oxygen atoms in total. The third-order valence-electron chi connectivity index (χ3n) is 5.32. The van der Waals surface area contributed by atoms with Gasteiger partial charge >= 0.3 is 0 Å². The number of Topliss-reactive ketones (excluding diaryl/α,β-unsaturated/α-hetero) is 1. The maximum atomic E-state index is 12.8. The van der Waals surface area contributed by atoms with Crippen LogP contribution in [-0.2, 0) is 0 Å². The maximum Gasteiger partial charge on any atom is 0.276 e. The van der Waals surface area contributed by atoms with E-state index in [1.807, 2.05) is 30.3 Å². The number of hydrogen-bond acceptors (Lipinski definition) is 5. The molecule has 29 heavy (non-hydrogen) atoms. The van der Waals surface area contributed by atoms with Crippen molar-refractivity contribution in [2.45, 2.75) is 12.8 Å². The highest BCUT2D eigenvalue weighted by atomic mass is 16.5. The highest BCUT2D eigenvalue weighted by molar-refractivity contribution is 5.98. The first kappa shape index (κ1) is 18.9. The normalized spacial score (nSPS) is 14.6. The van der Waals surface area contributed by atoms with Gasteiger partial charge in [-0.2, -0.15) is 0 Å². The molecule has 1 fully saturated rings. The molecule has 0 aliphatic carbocycles. The molecule has 1 aliphatic rings. The summed E-state index contributed by atoms with van der Waals surface area (Å²) in [7, 11) is 1.60. The summed E-state index contributed by atoms with van der Waals surface area (Å²) in [5.74, 6) is 1.17. The second-order valence-electron chi connectivity index (χ2n) is 7.10. The Labute approximate surface area is 169 Å². The van der Waals surface area contributed by atoms with E-state index in [1.54, 1.807) is 42.3 Å². The molecule has 1 amide bonds. The Morgan fingerprint density at radius 1 is 1.03 bits per heavy atom. The van der Waals surface area contributed by atoms with Crippen LogP contribution in [0.2, 0.25) is 0 Å². The van der Waals surface area contributed by atoms with Gasteiger partial charge in [-0.05, 0) is 37.1 Å². The number of carbonyl (C=O) groups is 2. The van der Waals surface area contributed by atoms with Crippen molar-refractivity contribution in [1.29, 1.82) is 0 Å². The first-order valence-corrected chi connectivity index (χ1v) is 9.65. The quantitative estimate of drug-likeness (QED) is 0.614. The summed E-state index contributed by atoms with van der Waals surface area (Å²) in [6.45, 7) is 1.05. The summed E-state index contributed by atoms with van der Waals surface area (Å²) in [5.41, 5.74) is 1.85. The first-order chi connectivity index (χ1) is 14.2. The lowest BCUT2D eigenvalue weighted by atomic mass is 9.89. The van der Waals surface area contributed by atoms with Crippen LogP contribution in [0.4, 0.5) is 0 Å². The molecule has 148 valence electrons. The summed E-state index contributed by atoms with van der Waals surface area (Å²) in [6.07, 6.45) is 1.28. The highest BCUT2D eigenvalue weighted by Gasteiger charge is 2.29. The molecular formula is C23H22N2O4. The SMILES string of the molecule is COc1ccc(C(=O)C2CCN(C(=O)c3cc(-c4ccccc4)on3)CC2)cc1. The van der Waals surface area contributed by atoms with Crippen molar-refractivity contribution in [2.75, 3.05) is 20.2 Å². The van der Waals surface area contributed by atoms with Crippen LogP contribution in [0.3, 0.4) is 0 Å². The summed E-state index contributed by atoms with van der Waals surface area (Å²) in [6, 6.07) is 18.4. The summed E-state index contributed by atoms with van der Waals surface area (Å²) >= 11 is 0. The molecule has 0 atom stereocenters. The lowest BCUT2D eigenvalue weighted by Gasteiger charge is -2.30. The van der Waals surface area contributed by atoms with Gasteiger partial charge < -0.3 is 14.2 Å². The number of likely N-dealkylation sites (tertiary alicyclic amines) is 1. The Kier molecular flexibility index (Phi) is 5.42. The number of hydrogen-bond donors (Lipinski definition) is 0. The van der Waals surface area contributed by atoms with Crippen molar-refractivity contribution in [3.8, 4) is 17.1 Å². The molecule has 2 aromatic carbocycles. The Hall–Kier alpha value is -3.41. The van der Waals surface area contributed by atoms with E-state index in [9.17, 15) is 9.59 Å². The molecule has 3 aromatic rings. The third-order valence-corrected chi connectivity index (χ3v) is 5.32. The predicted molar refractivity (Wildman–Crippen MR) is 108 cm³/mol. The van der Waals surface area contributed by atoms with E-state index >= 15 is 0 Å². The van der Waals surface area contributed by atoms with Gasteiger partial charge in [0.1, 0.15) is 5.75 Å². The van der Waals surface area contributed by atoms with Crippen LogP contribution in [0.15, 0.2) is 65.2 Å². The predicted octanol–water partition coefficient (Wildman–Crippen LogP) is 4.09. The van der Waals surface area contributed by atoms with E-state index in [1.165, 1.54) is 0 Å². The Balaban J connectivity index is 1.37. The van der Waals surface area contributed by atoms with Crippen LogP contribution in [-0.4, -0.2) is 41.9 Å². The standard InChI is InChI=1S/C23H22N2O4/c1-28-19-9-7-17(8-10-19)22(26)18-11-13-25(14-12-18)23(27)20-15-21(29-24-20)16-5-3-2-4-6-16/h2-10,15,18H,11-14H2,1H3. The van der Waals surface area contributed by atoms with Gasteiger partial charge in [-0.15, -0.1) is 0 Å². The van der Waals surface area contributed by atoms with Crippen LogP contribution in [0.1, 0.15) is 33.7 Å². The van der Waals surface area contributed by atoms with Gasteiger partial charge in [-0.25, -0.2) is 0 Å². The van der Waals surface area contributed by atoms with Crippen molar-refractivity contribution in [3.05, 3.63) is 71.9 Å². The van der Waals surface area contributed by atoms with Crippen molar-refractivity contribution in [3.63, 3.8) is 0 Å². The van der Waals surface area contributed by atoms with E-state index in [2.05, 4.69) is 5.16 Å². The average Bonchev–Trinajstić information content (AvgIpc) is 3.29. The van der Waals surface area contributed by atoms with Gasteiger partial charge in [-0.3, -0.25) is 9.59 Å². The summed E-state index contributed by atoms with van der Waals surface area (Å²) in [5, 5.41) is 3.94. The zero-order valence-corrected chi connectivity index (χ0v) is 16.2. The Morgan fingerprint density at radius 2 is 1.72 bits per heavy atom. The van der Waals surface area contributed by atoms with Gasteiger partial charge in [0.2, 0.25) is 0 Å². The maximum absolute atomic E-state index is 12.8. The van der Waals surface area contributed by atoms with Gasteiger partial charge in [0.05, 0.1) is 7.11 Å². The number of amides is 1. The third kappa shape index (κ3) is 4.06. The fourth-order valence-corrected chi connectivity index (χ4v) is 3.61. The van der Waals surface area contributed by atoms with E-state index in [-0.39, 0.29) is 17.6 Å². The molecule has 0 spiro atoms. The number of aromatic nitrogens is 1. The molecule has 1 aliphatic heterocycles. The van der Waals surface area contributed by atoms with Gasteiger partial charge in [0, 0.05) is 36.2 Å². The van der Waals surface area contributed by atoms with Crippen molar-refractivity contribution in [1.82, 2.24) is 10.1 Å². The lowest BCUT2D eigenvalue weighted by molar-refractivity contribution is 0.0642. The lowest BCUT2D eigenvalue weighted by Crippen LogP contribution is -2.40. The second-order valence-corrected chi connectivity index (χ2v) is 7.10. The molecule has 1 aromatic heterocycles. The van der Waals surface area contributed by atoms with Gasteiger partial charge in [-0.1, -0.05) is 35.5 Å². The topological polar surface area (TPSA) is 72.6 Å². The van der Waals surface area contributed by atoms with Crippen LogP contribution in [0.25, 0.3) is 11.3 Å². The molecule has 6 heteroatoms. The molecule has 0 unspecified atom stereocenters. The first-order valence-electron chi connectivity index (χ1n) is 9.65.